The van der Waals surface area contributed by atoms with Crippen LogP contribution in [0.1, 0.15) is 1.43 Å². The average molecular weight is 100 g/mol. The molecule has 1 nitrogen and oxygen atoms in total. The number of rotatable bonds is 0. The van der Waals surface area contributed by atoms with Crippen LogP contribution >= 0.6 is 0 Å². The van der Waals surface area contributed by atoms with Gasteiger partial charge in [-0.25, -0.2) is 0 Å². The molecule has 0 aliphatic heterocycles. The first kappa shape index (κ1) is 9.49. The minimum absolute atomic E-state index is 0. The third-order valence-corrected chi connectivity index (χ3v) is 0. The summed E-state index contributed by atoms with van der Waals surface area (Å²) in [6.07, 6.45) is 0. The van der Waals surface area contributed by atoms with Crippen molar-refractivity contribution in [3.05, 3.63) is 0 Å². The predicted molar refractivity (Wildman–Crippen MR) is 22.2 cm³/mol. The first-order valence-electron chi connectivity index (χ1n) is 1.41. The van der Waals surface area contributed by atoms with Gasteiger partial charge in [-0.15, -0.1) is 0 Å². The maximum atomic E-state index is 8.19. The molecule has 3 heteroatoms. The molecule has 0 rings (SSSR count). The molecule has 0 unspecified atom stereocenters. The van der Waals surface area contributed by atoms with Gasteiger partial charge in [0.25, 0.3) is 0 Å². The molecular weight excluding hydrogens is 91.1 g/mol. The first-order valence-corrected chi connectivity index (χ1v) is 4.24. The largest absolute Gasteiger partial charge is 1.00 e. The van der Waals surface area contributed by atoms with Crippen LogP contribution in [0.5, 0.6) is 0 Å². The maximum Gasteiger partial charge on any atom is 1.00 e. The molecule has 5 heavy (non-hydrogen) atoms. The summed E-state index contributed by atoms with van der Waals surface area (Å²) in [6.45, 7) is 3.72. The third-order valence-electron chi connectivity index (χ3n) is 0. The van der Waals surface area contributed by atoms with Crippen LogP contribution in [0.2, 0.25) is 13.1 Å². The van der Waals surface area contributed by atoms with E-state index in [1.54, 1.807) is 0 Å². The molecule has 0 saturated carbocycles. The molecule has 0 aromatic carbocycles. The zero-order valence-corrected chi connectivity index (χ0v) is 7.18. The quantitative estimate of drug-likeness (QED) is 0.323. The second-order valence-corrected chi connectivity index (χ2v) is 3.28. The van der Waals surface area contributed by atoms with Crippen LogP contribution in [-0.2, 0) is 0 Å². The predicted octanol–water partition coefficient (Wildman–Crippen LogP) is -2.92. The van der Waals surface area contributed by atoms with E-state index in [-0.39, 0.29) is 31.0 Å². The van der Waals surface area contributed by atoms with Crippen LogP contribution in [0, 0.1) is 0 Å². The summed E-state index contributed by atoms with van der Waals surface area (Å²) in [5.41, 5.74) is 0. The zero-order chi connectivity index (χ0) is 3.58. The summed E-state index contributed by atoms with van der Waals surface area (Å²) >= 11 is 0. The van der Waals surface area contributed by atoms with Crippen LogP contribution in [-0.4, -0.2) is 13.8 Å². The SMILES string of the molecule is C[SiH](C)O.[H-].[Na+]. The van der Waals surface area contributed by atoms with Gasteiger partial charge in [-0.3, -0.25) is 0 Å². The molecule has 0 aliphatic rings. The van der Waals surface area contributed by atoms with Gasteiger partial charge in [-0.1, -0.05) is 0 Å². The van der Waals surface area contributed by atoms with Crippen LogP contribution in [0.25, 0.3) is 0 Å². The second-order valence-electron chi connectivity index (χ2n) is 1.09. The Hall–Kier alpha value is 1.18. The molecule has 0 aromatic heterocycles. The molecule has 1 N–H and O–H groups in total. The van der Waals surface area contributed by atoms with Crippen molar-refractivity contribution in [1.29, 1.82) is 0 Å². The van der Waals surface area contributed by atoms with Gasteiger partial charge in [0.2, 0.25) is 0 Å². The Labute approximate surface area is 57.9 Å². The summed E-state index contributed by atoms with van der Waals surface area (Å²) in [5, 5.41) is 0. The van der Waals surface area contributed by atoms with Gasteiger partial charge in [0, 0.05) is 0 Å². The molecule has 0 aromatic rings. The summed E-state index contributed by atoms with van der Waals surface area (Å²) in [6, 6.07) is 0. The van der Waals surface area contributed by atoms with Crippen molar-refractivity contribution in [1.82, 2.24) is 0 Å². The van der Waals surface area contributed by atoms with Crippen molar-refractivity contribution < 1.29 is 35.8 Å². The summed E-state index contributed by atoms with van der Waals surface area (Å²) in [4.78, 5) is 8.19. The smallest absolute Gasteiger partial charge is 1.00 e. The van der Waals surface area contributed by atoms with Crippen molar-refractivity contribution in [3.8, 4) is 0 Å². The van der Waals surface area contributed by atoms with E-state index in [4.69, 9.17) is 4.80 Å². The van der Waals surface area contributed by atoms with Crippen LogP contribution in [0.3, 0.4) is 0 Å². The molecule has 0 saturated heterocycles. The topological polar surface area (TPSA) is 20.2 Å². The van der Waals surface area contributed by atoms with E-state index in [2.05, 4.69) is 0 Å². The fraction of sp³-hybridized carbons (Fsp3) is 1.00. The van der Waals surface area contributed by atoms with E-state index in [0.717, 1.165) is 0 Å². The van der Waals surface area contributed by atoms with Crippen molar-refractivity contribution in [2.45, 2.75) is 13.1 Å². The Morgan fingerprint density at radius 2 is 1.60 bits per heavy atom. The van der Waals surface area contributed by atoms with Gasteiger partial charge in [-0.2, -0.15) is 0 Å². The number of hydrogen-bond donors (Lipinski definition) is 1. The molecule has 0 aliphatic carbocycles. The number of hydrogen-bond acceptors (Lipinski definition) is 1. The minimum Gasteiger partial charge on any atom is -1.00 e. The summed E-state index contributed by atoms with van der Waals surface area (Å²) < 4.78 is 0. The molecular formula is C2H9NaOSi. The fourth-order valence-corrected chi connectivity index (χ4v) is 0. The molecule has 0 heterocycles. The Kier molecular flexibility index (Phi) is 9.82. The Morgan fingerprint density at radius 3 is 1.60 bits per heavy atom. The molecule has 0 bridgehead atoms. The monoisotopic (exact) mass is 100 g/mol. The van der Waals surface area contributed by atoms with E-state index in [1.807, 2.05) is 13.1 Å². The van der Waals surface area contributed by atoms with Gasteiger partial charge in [0.15, 0.2) is 9.04 Å². The van der Waals surface area contributed by atoms with Gasteiger partial charge >= 0.3 is 29.6 Å². The first-order chi connectivity index (χ1) is 1.73. The molecule has 0 amide bonds. The van der Waals surface area contributed by atoms with Crippen LogP contribution < -0.4 is 29.6 Å². The molecule has 0 spiro atoms. The minimum atomic E-state index is -1.14. The zero-order valence-electron chi connectivity index (χ0n) is 5.02. The second kappa shape index (κ2) is 5.18. The standard InChI is InChI=1S/C2H8OSi.Na.H/c1-4(2)3;;/h3-4H,1-2H3;;/q;+1;-1. The van der Waals surface area contributed by atoms with Crippen LogP contribution in [0.15, 0.2) is 0 Å². The Bertz CT molecular complexity index is 18.3. The molecule has 0 atom stereocenters. The molecule has 28 valence electrons. The van der Waals surface area contributed by atoms with E-state index >= 15 is 0 Å². The third kappa shape index (κ3) is 37.7. The maximum absolute atomic E-state index is 8.19. The van der Waals surface area contributed by atoms with E-state index in [1.165, 1.54) is 0 Å². The van der Waals surface area contributed by atoms with E-state index in [0.29, 0.717) is 0 Å². The van der Waals surface area contributed by atoms with Crippen molar-refractivity contribution in [3.63, 3.8) is 0 Å². The summed E-state index contributed by atoms with van der Waals surface area (Å²) in [5.74, 6) is 0. The van der Waals surface area contributed by atoms with Gasteiger partial charge in [0.05, 0.1) is 0 Å². The average Bonchev–Trinajstić information content (AvgIpc) is 0.811. The van der Waals surface area contributed by atoms with Gasteiger partial charge in [-0.05, 0) is 13.1 Å². The van der Waals surface area contributed by atoms with Gasteiger partial charge < -0.3 is 6.22 Å². The Balaban J connectivity index is -0.0000000450. The normalized spacial score (nSPS) is 7.20. The van der Waals surface area contributed by atoms with Crippen LogP contribution in [0.4, 0.5) is 0 Å². The van der Waals surface area contributed by atoms with Crippen molar-refractivity contribution >= 4 is 9.04 Å². The fourth-order valence-electron chi connectivity index (χ4n) is 0. The van der Waals surface area contributed by atoms with Crippen molar-refractivity contribution in [2.75, 3.05) is 0 Å². The summed E-state index contributed by atoms with van der Waals surface area (Å²) in [7, 11) is -1.14. The molecule has 0 radical (unpaired) electrons. The van der Waals surface area contributed by atoms with E-state index in [9.17, 15) is 0 Å². The van der Waals surface area contributed by atoms with Crippen molar-refractivity contribution in [2.24, 2.45) is 0 Å². The van der Waals surface area contributed by atoms with Gasteiger partial charge in [0.1, 0.15) is 0 Å². The van der Waals surface area contributed by atoms with E-state index < -0.39 is 9.04 Å². The Morgan fingerprint density at radius 1 is 1.60 bits per heavy atom. The molecule has 0 fully saturated rings.